The number of aromatic nitrogens is 1. The molecule has 0 aliphatic heterocycles. The molecule has 0 unspecified atom stereocenters. The van der Waals surface area contributed by atoms with Crippen LogP contribution in [0.25, 0.3) is 0 Å². The largest absolute Gasteiger partial charge is 0.508 e. The summed E-state index contributed by atoms with van der Waals surface area (Å²) in [5, 5.41) is 11.9. The van der Waals surface area contributed by atoms with Gasteiger partial charge in [-0.1, -0.05) is 6.07 Å². The Hall–Kier alpha value is -2.56. The molecule has 0 bridgehead atoms. The summed E-state index contributed by atoms with van der Waals surface area (Å²) in [6.07, 6.45) is 1.49. The number of pyridine rings is 1. The van der Waals surface area contributed by atoms with E-state index >= 15 is 0 Å². The van der Waals surface area contributed by atoms with E-state index in [0.29, 0.717) is 17.1 Å². The second-order valence-corrected chi connectivity index (χ2v) is 3.93. The number of nitrogens with two attached hydrogens (primary N) is 1. The minimum atomic E-state index is -0.331. The molecule has 2 aromatic rings. The second kappa shape index (κ2) is 4.75. The quantitative estimate of drug-likeness (QED) is 0.752. The maximum absolute atomic E-state index is 11.9. The number of phenolic OH excluding ortho intramolecular Hbond substituents is 1. The van der Waals surface area contributed by atoms with Crippen LogP contribution in [0, 0.1) is 6.92 Å². The Morgan fingerprint density at radius 3 is 2.83 bits per heavy atom. The van der Waals surface area contributed by atoms with Crippen molar-refractivity contribution in [3.05, 3.63) is 47.7 Å². The van der Waals surface area contributed by atoms with Gasteiger partial charge in [-0.2, -0.15) is 0 Å². The van der Waals surface area contributed by atoms with Crippen LogP contribution >= 0.6 is 0 Å². The Morgan fingerprint density at radius 1 is 1.39 bits per heavy atom. The molecule has 0 aliphatic rings. The summed E-state index contributed by atoms with van der Waals surface area (Å²) in [4.78, 5) is 15.9. The van der Waals surface area contributed by atoms with E-state index in [1.54, 1.807) is 18.2 Å². The summed E-state index contributed by atoms with van der Waals surface area (Å²) >= 11 is 0. The van der Waals surface area contributed by atoms with Crippen LogP contribution in [0.15, 0.2) is 36.5 Å². The zero-order valence-electron chi connectivity index (χ0n) is 9.84. The lowest BCUT2D eigenvalue weighted by Gasteiger charge is -2.06. The first-order valence-corrected chi connectivity index (χ1v) is 5.39. The first kappa shape index (κ1) is 11.9. The van der Waals surface area contributed by atoms with Gasteiger partial charge in [0, 0.05) is 5.56 Å². The summed E-state index contributed by atoms with van der Waals surface area (Å²) in [5.74, 6) is 0.140. The number of phenols is 1. The average molecular weight is 243 g/mol. The van der Waals surface area contributed by atoms with E-state index in [-0.39, 0.29) is 11.7 Å². The van der Waals surface area contributed by atoms with Gasteiger partial charge in [-0.3, -0.25) is 4.79 Å². The molecule has 0 saturated heterocycles. The van der Waals surface area contributed by atoms with Gasteiger partial charge in [0.25, 0.3) is 5.91 Å². The molecule has 18 heavy (non-hydrogen) atoms. The molecule has 2 rings (SSSR count). The molecule has 0 fully saturated rings. The highest BCUT2D eigenvalue weighted by Crippen LogP contribution is 2.15. The maximum atomic E-state index is 11.9. The maximum Gasteiger partial charge on any atom is 0.256 e. The highest BCUT2D eigenvalue weighted by atomic mass is 16.3. The molecule has 1 amide bonds. The third kappa shape index (κ3) is 2.57. The van der Waals surface area contributed by atoms with Crippen molar-refractivity contribution in [2.75, 3.05) is 11.1 Å². The molecular weight excluding hydrogens is 230 g/mol. The molecule has 1 aromatic carbocycles. The van der Waals surface area contributed by atoms with E-state index in [0.717, 1.165) is 5.56 Å². The summed E-state index contributed by atoms with van der Waals surface area (Å²) in [6.45, 7) is 1.83. The van der Waals surface area contributed by atoms with Gasteiger partial charge >= 0.3 is 0 Å². The lowest BCUT2D eigenvalue weighted by molar-refractivity contribution is 0.102. The Morgan fingerprint density at radius 2 is 2.17 bits per heavy atom. The fourth-order valence-corrected chi connectivity index (χ4v) is 1.47. The standard InChI is InChI=1S/C13H13N3O2/c1-8-5-12(15-7-11(8)14)16-13(18)9-3-2-4-10(17)6-9/h2-7,17H,14H2,1H3,(H,15,16,18). The minimum absolute atomic E-state index is 0.0455. The molecule has 0 saturated carbocycles. The van der Waals surface area contributed by atoms with Gasteiger partial charge in [-0.15, -0.1) is 0 Å². The molecule has 1 heterocycles. The van der Waals surface area contributed by atoms with Crippen LogP contribution in [0.5, 0.6) is 5.75 Å². The van der Waals surface area contributed by atoms with Crippen LogP contribution in [0.1, 0.15) is 15.9 Å². The summed E-state index contributed by atoms with van der Waals surface area (Å²) in [7, 11) is 0. The number of amides is 1. The normalized spacial score (nSPS) is 10.1. The summed E-state index contributed by atoms with van der Waals surface area (Å²) < 4.78 is 0. The first-order valence-electron chi connectivity index (χ1n) is 5.39. The van der Waals surface area contributed by atoms with Crippen molar-refractivity contribution in [3.8, 4) is 5.75 Å². The molecule has 0 radical (unpaired) electrons. The lowest BCUT2D eigenvalue weighted by Crippen LogP contribution is -2.13. The Balaban J connectivity index is 2.18. The van der Waals surface area contributed by atoms with Gasteiger partial charge in [0.15, 0.2) is 0 Å². The number of nitrogens with zero attached hydrogens (tertiary/aromatic N) is 1. The monoisotopic (exact) mass is 243 g/mol. The van der Waals surface area contributed by atoms with Gasteiger partial charge in [0.1, 0.15) is 11.6 Å². The van der Waals surface area contributed by atoms with E-state index in [4.69, 9.17) is 5.73 Å². The van der Waals surface area contributed by atoms with E-state index in [1.165, 1.54) is 18.3 Å². The number of nitrogen functional groups attached to an aromatic ring is 1. The van der Waals surface area contributed by atoms with Gasteiger partial charge in [-0.25, -0.2) is 4.98 Å². The van der Waals surface area contributed by atoms with Crippen LogP contribution in [0.3, 0.4) is 0 Å². The zero-order chi connectivity index (χ0) is 13.1. The van der Waals surface area contributed by atoms with Crippen LogP contribution in [0.4, 0.5) is 11.5 Å². The SMILES string of the molecule is Cc1cc(NC(=O)c2cccc(O)c2)ncc1N. The van der Waals surface area contributed by atoms with Crippen molar-refractivity contribution in [3.63, 3.8) is 0 Å². The van der Waals surface area contributed by atoms with Crippen molar-refractivity contribution in [1.82, 2.24) is 4.98 Å². The number of anilines is 2. The Labute approximate surface area is 104 Å². The molecule has 5 heteroatoms. The number of rotatable bonds is 2. The Kier molecular flexibility index (Phi) is 3.14. The molecular formula is C13H13N3O2. The number of carbonyl (C=O) groups is 1. The lowest BCUT2D eigenvalue weighted by atomic mass is 10.2. The van der Waals surface area contributed by atoms with Gasteiger partial charge in [0.05, 0.1) is 11.9 Å². The highest BCUT2D eigenvalue weighted by Gasteiger charge is 2.08. The molecule has 0 aliphatic carbocycles. The molecule has 0 atom stereocenters. The van der Waals surface area contributed by atoms with Crippen LogP contribution in [0.2, 0.25) is 0 Å². The number of hydrogen-bond acceptors (Lipinski definition) is 4. The number of hydrogen-bond donors (Lipinski definition) is 3. The van der Waals surface area contributed by atoms with Crippen molar-refractivity contribution < 1.29 is 9.90 Å². The predicted octanol–water partition coefficient (Wildman–Crippen LogP) is 1.93. The third-order valence-corrected chi connectivity index (χ3v) is 2.50. The minimum Gasteiger partial charge on any atom is -0.508 e. The van der Waals surface area contributed by atoms with Crippen LogP contribution < -0.4 is 11.1 Å². The van der Waals surface area contributed by atoms with E-state index in [1.807, 2.05) is 6.92 Å². The van der Waals surface area contributed by atoms with Crippen molar-refractivity contribution in [2.24, 2.45) is 0 Å². The predicted molar refractivity (Wildman–Crippen MR) is 69.4 cm³/mol. The fraction of sp³-hybridized carbons (Fsp3) is 0.0769. The van der Waals surface area contributed by atoms with E-state index < -0.39 is 0 Å². The fourth-order valence-electron chi connectivity index (χ4n) is 1.47. The van der Waals surface area contributed by atoms with Gasteiger partial charge in [-0.05, 0) is 36.8 Å². The van der Waals surface area contributed by atoms with Crippen LogP contribution in [-0.4, -0.2) is 16.0 Å². The number of aryl methyl sites for hydroxylation is 1. The molecule has 92 valence electrons. The van der Waals surface area contributed by atoms with Crippen molar-refractivity contribution in [2.45, 2.75) is 6.92 Å². The topological polar surface area (TPSA) is 88.2 Å². The zero-order valence-corrected chi connectivity index (χ0v) is 9.84. The number of carbonyl (C=O) groups excluding carboxylic acids is 1. The molecule has 5 nitrogen and oxygen atoms in total. The molecule has 0 spiro atoms. The summed E-state index contributed by atoms with van der Waals surface area (Å²) in [6, 6.07) is 7.79. The average Bonchev–Trinajstić information content (AvgIpc) is 2.34. The molecule has 4 N–H and O–H groups in total. The first-order chi connectivity index (χ1) is 8.56. The number of aromatic hydroxyl groups is 1. The van der Waals surface area contributed by atoms with Crippen molar-refractivity contribution in [1.29, 1.82) is 0 Å². The number of benzene rings is 1. The third-order valence-electron chi connectivity index (χ3n) is 2.50. The van der Waals surface area contributed by atoms with Crippen molar-refractivity contribution >= 4 is 17.4 Å². The van der Waals surface area contributed by atoms with E-state index in [2.05, 4.69) is 10.3 Å². The Bertz CT molecular complexity index is 597. The second-order valence-electron chi connectivity index (χ2n) is 3.93. The van der Waals surface area contributed by atoms with Crippen LogP contribution in [-0.2, 0) is 0 Å². The highest BCUT2D eigenvalue weighted by molar-refractivity contribution is 6.04. The molecule has 1 aromatic heterocycles. The van der Waals surface area contributed by atoms with Gasteiger partial charge in [0.2, 0.25) is 0 Å². The van der Waals surface area contributed by atoms with E-state index in [9.17, 15) is 9.90 Å². The van der Waals surface area contributed by atoms with Gasteiger partial charge < -0.3 is 16.2 Å². The number of nitrogens with one attached hydrogen (secondary N) is 1. The summed E-state index contributed by atoms with van der Waals surface area (Å²) in [5.41, 5.74) is 7.43. The smallest absolute Gasteiger partial charge is 0.256 e.